The molecule has 2 aromatic rings. The molecule has 0 aliphatic carbocycles. The molecular formula is C14H19N3O. The topological polar surface area (TPSA) is 50.1 Å². The molecule has 4 heteroatoms. The van der Waals surface area contributed by atoms with Crippen molar-refractivity contribution in [2.45, 2.75) is 26.1 Å². The quantitative estimate of drug-likeness (QED) is 0.844. The molecule has 0 amide bonds. The number of hydrogen-bond donors (Lipinski definition) is 2. The molecule has 2 rings (SSSR count). The maximum atomic E-state index is 9.09. The predicted molar refractivity (Wildman–Crippen MR) is 70.8 cm³/mol. The number of nitrogens with zero attached hydrogens (tertiary/aromatic N) is 2. The molecule has 0 fully saturated rings. The molecule has 0 aliphatic heterocycles. The van der Waals surface area contributed by atoms with Crippen LogP contribution in [0.2, 0.25) is 0 Å². The Hall–Kier alpha value is -1.65. The van der Waals surface area contributed by atoms with Crippen molar-refractivity contribution in [1.29, 1.82) is 0 Å². The van der Waals surface area contributed by atoms with Crippen LogP contribution in [0.5, 0.6) is 0 Å². The second kappa shape index (κ2) is 5.80. The first kappa shape index (κ1) is 12.8. The van der Waals surface area contributed by atoms with Gasteiger partial charge in [0.1, 0.15) is 0 Å². The van der Waals surface area contributed by atoms with Gasteiger partial charge in [0.05, 0.1) is 12.8 Å². The van der Waals surface area contributed by atoms with Crippen LogP contribution < -0.4 is 5.32 Å². The van der Waals surface area contributed by atoms with E-state index in [9.17, 15) is 0 Å². The fourth-order valence-corrected chi connectivity index (χ4v) is 1.89. The molecule has 2 N–H and O–H groups in total. The maximum absolute atomic E-state index is 9.09. The van der Waals surface area contributed by atoms with Gasteiger partial charge in [-0.25, -0.2) is 0 Å². The molecule has 1 aromatic carbocycles. The molecular weight excluding hydrogens is 226 g/mol. The lowest BCUT2D eigenvalue weighted by molar-refractivity contribution is 0.281. The van der Waals surface area contributed by atoms with E-state index in [1.165, 1.54) is 11.1 Å². The monoisotopic (exact) mass is 245 g/mol. The first-order valence-electron chi connectivity index (χ1n) is 6.09. The number of hydrogen-bond acceptors (Lipinski definition) is 3. The minimum absolute atomic E-state index is 0.0893. The summed E-state index contributed by atoms with van der Waals surface area (Å²) in [7, 11) is 1.92. The summed E-state index contributed by atoms with van der Waals surface area (Å²) >= 11 is 0. The molecule has 96 valence electrons. The number of benzene rings is 1. The van der Waals surface area contributed by atoms with Crippen molar-refractivity contribution in [3.63, 3.8) is 0 Å². The molecule has 0 saturated carbocycles. The van der Waals surface area contributed by atoms with Gasteiger partial charge in [-0.2, -0.15) is 5.10 Å². The van der Waals surface area contributed by atoms with Crippen LogP contribution in [0.4, 0.5) is 0 Å². The molecule has 0 bridgehead atoms. The van der Waals surface area contributed by atoms with Gasteiger partial charge in [0.2, 0.25) is 0 Å². The van der Waals surface area contributed by atoms with E-state index in [2.05, 4.69) is 23.4 Å². The molecule has 1 heterocycles. The van der Waals surface area contributed by atoms with Crippen molar-refractivity contribution in [2.24, 2.45) is 7.05 Å². The van der Waals surface area contributed by atoms with Crippen molar-refractivity contribution >= 4 is 0 Å². The summed E-state index contributed by atoms with van der Waals surface area (Å²) in [5, 5.41) is 16.7. The van der Waals surface area contributed by atoms with Crippen LogP contribution in [-0.4, -0.2) is 14.9 Å². The van der Waals surface area contributed by atoms with Crippen LogP contribution in [-0.2, 0) is 20.2 Å². The summed E-state index contributed by atoms with van der Waals surface area (Å²) < 4.78 is 1.81. The van der Waals surface area contributed by atoms with E-state index in [0.29, 0.717) is 0 Å². The van der Waals surface area contributed by atoms with Crippen LogP contribution in [0.3, 0.4) is 0 Å². The van der Waals surface area contributed by atoms with Crippen LogP contribution in [0.1, 0.15) is 29.7 Å². The van der Waals surface area contributed by atoms with Gasteiger partial charge in [-0.05, 0) is 18.1 Å². The Morgan fingerprint density at radius 1 is 1.39 bits per heavy atom. The normalized spacial score (nSPS) is 12.6. The molecule has 18 heavy (non-hydrogen) atoms. The number of aliphatic hydroxyl groups excluding tert-OH is 1. The third kappa shape index (κ3) is 3.18. The van der Waals surface area contributed by atoms with Gasteiger partial charge in [-0.1, -0.05) is 24.3 Å². The predicted octanol–water partition coefficient (Wildman–Crippen LogP) is 1.76. The first-order chi connectivity index (χ1) is 8.69. The van der Waals surface area contributed by atoms with Gasteiger partial charge >= 0.3 is 0 Å². The van der Waals surface area contributed by atoms with Gasteiger partial charge in [0.25, 0.3) is 0 Å². The Morgan fingerprint density at radius 3 is 2.83 bits per heavy atom. The summed E-state index contributed by atoms with van der Waals surface area (Å²) in [5.41, 5.74) is 3.30. The SMILES string of the molecule is CC(NCc1cccc(CO)c1)c1cnn(C)c1. The van der Waals surface area contributed by atoms with E-state index in [0.717, 1.165) is 12.1 Å². The van der Waals surface area contributed by atoms with E-state index in [-0.39, 0.29) is 12.6 Å². The number of aromatic nitrogens is 2. The second-order valence-corrected chi connectivity index (χ2v) is 4.53. The van der Waals surface area contributed by atoms with Crippen molar-refractivity contribution in [1.82, 2.24) is 15.1 Å². The minimum Gasteiger partial charge on any atom is -0.392 e. The minimum atomic E-state index is 0.0893. The molecule has 0 aliphatic rings. The van der Waals surface area contributed by atoms with Crippen molar-refractivity contribution in [3.05, 3.63) is 53.3 Å². The third-order valence-electron chi connectivity index (χ3n) is 3.01. The van der Waals surface area contributed by atoms with Gasteiger partial charge in [0.15, 0.2) is 0 Å². The average Bonchev–Trinajstić information content (AvgIpc) is 2.83. The highest BCUT2D eigenvalue weighted by molar-refractivity contribution is 5.23. The van der Waals surface area contributed by atoms with E-state index >= 15 is 0 Å². The molecule has 1 atom stereocenters. The Labute approximate surface area is 107 Å². The second-order valence-electron chi connectivity index (χ2n) is 4.53. The molecule has 0 radical (unpaired) electrons. The summed E-state index contributed by atoms with van der Waals surface area (Å²) in [4.78, 5) is 0. The lowest BCUT2D eigenvalue weighted by Gasteiger charge is -2.12. The maximum Gasteiger partial charge on any atom is 0.0681 e. The highest BCUT2D eigenvalue weighted by atomic mass is 16.3. The summed E-state index contributed by atoms with van der Waals surface area (Å²) in [6, 6.07) is 8.23. The highest BCUT2D eigenvalue weighted by Crippen LogP contribution is 2.12. The fourth-order valence-electron chi connectivity index (χ4n) is 1.89. The zero-order chi connectivity index (χ0) is 13.0. The number of aliphatic hydroxyl groups is 1. The Kier molecular flexibility index (Phi) is 4.12. The van der Waals surface area contributed by atoms with Crippen LogP contribution in [0.15, 0.2) is 36.7 Å². The smallest absolute Gasteiger partial charge is 0.0681 e. The zero-order valence-corrected chi connectivity index (χ0v) is 10.8. The molecule has 1 unspecified atom stereocenters. The Bertz CT molecular complexity index is 507. The van der Waals surface area contributed by atoms with Gasteiger partial charge in [-0.15, -0.1) is 0 Å². The van der Waals surface area contributed by atoms with E-state index < -0.39 is 0 Å². The van der Waals surface area contributed by atoms with Crippen molar-refractivity contribution < 1.29 is 5.11 Å². The zero-order valence-electron chi connectivity index (χ0n) is 10.8. The van der Waals surface area contributed by atoms with Crippen LogP contribution in [0, 0.1) is 0 Å². The number of rotatable bonds is 5. The highest BCUT2D eigenvalue weighted by Gasteiger charge is 2.06. The van der Waals surface area contributed by atoms with Crippen LogP contribution >= 0.6 is 0 Å². The van der Waals surface area contributed by atoms with E-state index in [4.69, 9.17) is 5.11 Å². The summed E-state index contributed by atoms with van der Waals surface area (Å²) in [6.45, 7) is 2.99. The molecule has 1 aromatic heterocycles. The third-order valence-corrected chi connectivity index (χ3v) is 3.01. The van der Waals surface area contributed by atoms with Crippen molar-refractivity contribution in [2.75, 3.05) is 0 Å². The van der Waals surface area contributed by atoms with Gasteiger partial charge < -0.3 is 10.4 Å². The van der Waals surface area contributed by atoms with E-state index in [1.807, 2.05) is 37.6 Å². The molecule has 4 nitrogen and oxygen atoms in total. The molecule has 0 saturated heterocycles. The standard InChI is InChI=1S/C14H19N3O/c1-11(14-8-16-17(2)9-14)15-7-12-4-3-5-13(6-12)10-18/h3-6,8-9,11,15,18H,7,10H2,1-2H3. The summed E-state index contributed by atoms with van der Waals surface area (Å²) in [5.74, 6) is 0. The van der Waals surface area contributed by atoms with E-state index in [1.54, 1.807) is 4.68 Å². The number of nitrogens with one attached hydrogen (secondary N) is 1. The lowest BCUT2D eigenvalue weighted by atomic mass is 10.1. The first-order valence-corrected chi connectivity index (χ1v) is 6.09. The van der Waals surface area contributed by atoms with Crippen molar-refractivity contribution in [3.8, 4) is 0 Å². The fraction of sp³-hybridized carbons (Fsp3) is 0.357. The van der Waals surface area contributed by atoms with Gasteiger partial charge in [0, 0.05) is 31.4 Å². The Morgan fingerprint density at radius 2 is 2.17 bits per heavy atom. The summed E-state index contributed by atoms with van der Waals surface area (Å²) in [6.07, 6.45) is 3.89. The Balaban J connectivity index is 1.94. The molecule has 0 spiro atoms. The number of aryl methyl sites for hydroxylation is 1. The van der Waals surface area contributed by atoms with Gasteiger partial charge in [-0.3, -0.25) is 4.68 Å². The van der Waals surface area contributed by atoms with Crippen LogP contribution in [0.25, 0.3) is 0 Å². The largest absolute Gasteiger partial charge is 0.392 e. The average molecular weight is 245 g/mol. The lowest BCUT2D eigenvalue weighted by Crippen LogP contribution is -2.17.